The largest absolute Gasteiger partial charge is 0.503 e. The van der Waals surface area contributed by atoms with E-state index in [4.69, 9.17) is 4.84 Å². The molecule has 130 valence electrons. The summed E-state index contributed by atoms with van der Waals surface area (Å²) in [6.07, 6.45) is 1.32. The van der Waals surface area contributed by atoms with Gasteiger partial charge in [0.25, 0.3) is 5.91 Å². The Labute approximate surface area is 139 Å². The van der Waals surface area contributed by atoms with Gasteiger partial charge < -0.3 is 14.8 Å². The van der Waals surface area contributed by atoms with Crippen molar-refractivity contribution in [3.8, 4) is 11.6 Å². The number of rotatable bonds is 6. The molecular weight excluding hydrogens is 315 g/mol. The second kappa shape index (κ2) is 7.35. The predicted molar refractivity (Wildman–Crippen MR) is 85.8 cm³/mol. The number of halogens is 1. The fourth-order valence-electron chi connectivity index (χ4n) is 2.07. The molecule has 0 radical (unpaired) electrons. The Balaban J connectivity index is 2.25. The highest BCUT2D eigenvalue weighted by Gasteiger charge is 2.25. The van der Waals surface area contributed by atoms with Gasteiger partial charge in [0.05, 0.1) is 13.2 Å². The third-order valence-electron chi connectivity index (χ3n) is 3.38. The summed E-state index contributed by atoms with van der Waals surface area (Å²) in [6.45, 7) is 4.26. The number of aryl methyl sites for hydroxylation is 1. The van der Waals surface area contributed by atoms with Crippen LogP contribution in [0.4, 0.5) is 4.39 Å². The molecule has 7 heteroatoms. The van der Waals surface area contributed by atoms with E-state index in [-0.39, 0.29) is 23.8 Å². The van der Waals surface area contributed by atoms with Crippen LogP contribution in [0.15, 0.2) is 30.5 Å². The zero-order valence-electron chi connectivity index (χ0n) is 13.9. The van der Waals surface area contributed by atoms with Crippen molar-refractivity contribution in [2.24, 2.45) is 13.0 Å². The maximum atomic E-state index is 13.0. The normalized spacial score (nSPS) is 11.0. The highest BCUT2D eigenvalue weighted by molar-refractivity contribution is 5.97. The topological polar surface area (TPSA) is 74.9 Å². The fraction of sp³-hybridized carbons (Fsp3) is 0.353. The molecule has 0 aliphatic heterocycles. The first kappa shape index (κ1) is 17.8. The highest BCUT2D eigenvalue weighted by atomic mass is 19.1. The van der Waals surface area contributed by atoms with Gasteiger partial charge in [-0.05, 0) is 23.6 Å². The minimum atomic E-state index is -0.589. The van der Waals surface area contributed by atoms with Crippen LogP contribution >= 0.6 is 0 Å². The van der Waals surface area contributed by atoms with Crippen molar-refractivity contribution in [2.75, 3.05) is 6.61 Å². The molecule has 1 heterocycles. The number of hydrogen-bond acceptors (Lipinski definition) is 4. The van der Waals surface area contributed by atoms with Gasteiger partial charge in [-0.15, -0.1) is 0 Å². The lowest BCUT2D eigenvalue weighted by Gasteiger charge is -2.22. The molecule has 0 atom stereocenters. The van der Waals surface area contributed by atoms with Gasteiger partial charge in [-0.3, -0.25) is 9.63 Å². The smallest absolute Gasteiger partial charge is 0.283 e. The maximum absolute atomic E-state index is 13.0. The van der Waals surface area contributed by atoms with E-state index in [1.54, 1.807) is 12.1 Å². The van der Waals surface area contributed by atoms with Crippen LogP contribution in [-0.4, -0.2) is 32.4 Å². The van der Waals surface area contributed by atoms with Gasteiger partial charge in [-0.25, -0.2) is 9.45 Å². The Morgan fingerprint density at radius 3 is 2.42 bits per heavy atom. The van der Waals surface area contributed by atoms with Gasteiger partial charge in [0.1, 0.15) is 11.4 Å². The summed E-state index contributed by atoms with van der Waals surface area (Å²) < 4.78 is 14.3. The molecule has 1 amide bonds. The molecule has 0 spiro atoms. The van der Waals surface area contributed by atoms with Gasteiger partial charge in [0.2, 0.25) is 5.88 Å². The SMILES string of the molecule is CC(C)CON(Cc1ccc(F)cc1)C(=O)c1cn(C)c(O)c1O. The van der Waals surface area contributed by atoms with Crippen LogP contribution in [0.25, 0.3) is 0 Å². The van der Waals surface area contributed by atoms with E-state index < -0.39 is 17.5 Å². The van der Waals surface area contributed by atoms with E-state index in [9.17, 15) is 19.4 Å². The minimum Gasteiger partial charge on any atom is -0.503 e. The minimum absolute atomic E-state index is 0.0686. The zero-order chi connectivity index (χ0) is 17.9. The number of aromatic nitrogens is 1. The molecule has 1 aromatic carbocycles. The van der Waals surface area contributed by atoms with Crippen LogP contribution in [-0.2, 0) is 18.4 Å². The number of carbonyl (C=O) groups excluding carboxylic acids is 1. The van der Waals surface area contributed by atoms with E-state index in [1.165, 1.54) is 29.9 Å². The average molecular weight is 336 g/mol. The zero-order valence-corrected chi connectivity index (χ0v) is 13.9. The summed E-state index contributed by atoms with van der Waals surface area (Å²) >= 11 is 0. The molecule has 1 aromatic heterocycles. The van der Waals surface area contributed by atoms with Crippen molar-refractivity contribution in [1.82, 2.24) is 9.63 Å². The second-order valence-corrected chi connectivity index (χ2v) is 5.98. The van der Waals surface area contributed by atoms with E-state index >= 15 is 0 Å². The molecule has 24 heavy (non-hydrogen) atoms. The lowest BCUT2D eigenvalue weighted by atomic mass is 10.2. The number of nitrogens with zero attached hydrogens (tertiary/aromatic N) is 2. The lowest BCUT2D eigenvalue weighted by Crippen LogP contribution is -2.32. The van der Waals surface area contributed by atoms with Crippen LogP contribution in [0.1, 0.15) is 29.8 Å². The monoisotopic (exact) mass is 336 g/mol. The summed E-state index contributed by atoms with van der Waals surface area (Å²) in [7, 11) is 1.51. The molecule has 0 fully saturated rings. The Hall–Kier alpha value is -2.54. The molecule has 2 aromatic rings. The Kier molecular flexibility index (Phi) is 5.46. The fourth-order valence-corrected chi connectivity index (χ4v) is 2.07. The molecule has 0 aliphatic carbocycles. The lowest BCUT2D eigenvalue weighted by molar-refractivity contribution is -0.138. The molecule has 2 rings (SSSR count). The van der Waals surface area contributed by atoms with Gasteiger partial charge in [-0.1, -0.05) is 26.0 Å². The van der Waals surface area contributed by atoms with Crippen LogP contribution in [0.5, 0.6) is 11.6 Å². The second-order valence-electron chi connectivity index (χ2n) is 5.98. The summed E-state index contributed by atoms with van der Waals surface area (Å²) in [5, 5.41) is 20.6. The number of carbonyl (C=O) groups is 1. The number of benzene rings is 1. The van der Waals surface area contributed by atoms with Crippen molar-refractivity contribution in [1.29, 1.82) is 0 Å². The molecule has 0 saturated heterocycles. The summed E-state index contributed by atoms with van der Waals surface area (Å²) in [6, 6.07) is 5.70. The van der Waals surface area contributed by atoms with Crippen molar-refractivity contribution >= 4 is 5.91 Å². The van der Waals surface area contributed by atoms with Gasteiger partial charge in [0, 0.05) is 13.2 Å². The van der Waals surface area contributed by atoms with E-state index in [2.05, 4.69) is 0 Å². The molecule has 2 N–H and O–H groups in total. The van der Waals surface area contributed by atoms with Gasteiger partial charge >= 0.3 is 0 Å². The average Bonchev–Trinajstić information content (AvgIpc) is 2.80. The Morgan fingerprint density at radius 1 is 1.29 bits per heavy atom. The Morgan fingerprint density at radius 2 is 1.92 bits per heavy atom. The highest BCUT2D eigenvalue weighted by Crippen LogP contribution is 2.31. The van der Waals surface area contributed by atoms with Crippen LogP contribution < -0.4 is 0 Å². The van der Waals surface area contributed by atoms with Crippen LogP contribution in [0, 0.1) is 11.7 Å². The molecule has 0 saturated carbocycles. The molecule has 6 nitrogen and oxygen atoms in total. The van der Waals surface area contributed by atoms with Gasteiger partial charge in [0.15, 0.2) is 5.75 Å². The van der Waals surface area contributed by atoms with E-state index in [0.29, 0.717) is 12.2 Å². The molecule has 0 aliphatic rings. The predicted octanol–water partition coefficient (Wildman–Crippen LogP) is 2.81. The van der Waals surface area contributed by atoms with Crippen molar-refractivity contribution in [3.05, 3.63) is 47.4 Å². The van der Waals surface area contributed by atoms with Crippen LogP contribution in [0.3, 0.4) is 0 Å². The Bertz CT molecular complexity index is 710. The third kappa shape index (κ3) is 4.05. The van der Waals surface area contributed by atoms with Crippen molar-refractivity contribution in [2.45, 2.75) is 20.4 Å². The van der Waals surface area contributed by atoms with Gasteiger partial charge in [-0.2, -0.15) is 0 Å². The summed E-state index contributed by atoms with van der Waals surface area (Å²) in [5.41, 5.74) is 0.606. The maximum Gasteiger partial charge on any atom is 0.283 e. The molecule has 0 unspecified atom stereocenters. The number of hydroxylamine groups is 2. The third-order valence-corrected chi connectivity index (χ3v) is 3.38. The number of amides is 1. The standard InChI is InChI=1S/C17H21FN2O4/c1-11(2)10-24-20(8-12-4-6-13(18)7-5-12)16(22)14-9-19(3)17(23)15(14)21/h4-7,9,11,21,23H,8,10H2,1-3H3. The van der Waals surface area contributed by atoms with Crippen molar-refractivity contribution in [3.63, 3.8) is 0 Å². The first-order valence-corrected chi connectivity index (χ1v) is 7.56. The first-order chi connectivity index (χ1) is 11.3. The number of hydrogen-bond donors (Lipinski definition) is 2. The van der Waals surface area contributed by atoms with Crippen LogP contribution in [0.2, 0.25) is 0 Å². The molecular formula is C17H21FN2O4. The quantitative estimate of drug-likeness (QED) is 0.796. The van der Waals surface area contributed by atoms with E-state index in [1.807, 2.05) is 13.8 Å². The summed E-state index contributed by atoms with van der Waals surface area (Å²) in [4.78, 5) is 18.2. The first-order valence-electron chi connectivity index (χ1n) is 7.56. The summed E-state index contributed by atoms with van der Waals surface area (Å²) in [5.74, 6) is -1.67. The van der Waals surface area contributed by atoms with E-state index in [0.717, 1.165) is 5.06 Å². The van der Waals surface area contributed by atoms with Crippen molar-refractivity contribution < 1.29 is 24.2 Å². The number of aromatic hydroxyl groups is 2. The molecule has 0 bridgehead atoms.